The topological polar surface area (TPSA) is 49.4 Å². The molecule has 0 aliphatic rings. The predicted molar refractivity (Wildman–Crippen MR) is 159 cm³/mol. The van der Waals surface area contributed by atoms with Crippen LogP contribution in [0, 0.1) is 50.0 Å². The maximum atomic E-state index is 13.3. The van der Waals surface area contributed by atoms with Crippen LogP contribution in [0.1, 0.15) is 57.2 Å². The third-order valence-corrected chi connectivity index (χ3v) is 11.5. The second-order valence-electron chi connectivity index (χ2n) is 9.72. The van der Waals surface area contributed by atoms with E-state index in [0.717, 1.165) is 29.5 Å². The maximum absolute atomic E-state index is 13.3. The molecule has 1 N–H and O–H groups in total. The summed E-state index contributed by atoms with van der Waals surface area (Å²) in [5.74, 6) is 0.170. The van der Waals surface area contributed by atoms with Crippen LogP contribution in [0.3, 0.4) is 0 Å². The second-order valence-corrected chi connectivity index (χ2v) is 24.2. The summed E-state index contributed by atoms with van der Waals surface area (Å²) in [4.78, 5) is 31.5. The molecule has 1 unspecified atom stereocenters. The summed E-state index contributed by atoms with van der Waals surface area (Å²) >= 11 is -2.21. The Morgan fingerprint density at radius 3 is 2.27 bits per heavy atom. The number of hydrogen-bond acceptors (Lipinski definition) is 2. The van der Waals surface area contributed by atoms with Crippen LogP contribution in [0.5, 0.6) is 0 Å². The Hall–Kier alpha value is -1.55. The average Bonchev–Trinajstić information content (AvgIpc) is 2.85. The number of nitrogens with one attached hydrogen (secondary N) is 1. The van der Waals surface area contributed by atoms with Gasteiger partial charge in [0.2, 0.25) is 0 Å². The van der Waals surface area contributed by atoms with Crippen LogP contribution in [0.15, 0.2) is 54.6 Å². The fourth-order valence-electron chi connectivity index (χ4n) is 3.32. The van der Waals surface area contributed by atoms with Crippen molar-refractivity contribution in [3.63, 3.8) is 0 Å². The monoisotopic (exact) mass is 832 g/mol. The molecule has 0 aliphatic heterocycles. The van der Waals surface area contributed by atoms with E-state index in [1.165, 1.54) is 8.59 Å². The number of allylic oxidation sites excluding steroid dienone is 1. The summed E-state index contributed by atoms with van der Waals surface area (Å²) in [6.45, 7) is 15.5. The van der Waals surface area contributed by atoms with Crippen LogP contribution in [-0.2, 0) is 9.59 Å². The van der Waals surface area contributed by atoms with Crippen LogP contribution < -0.4 is 14.0 Å². The third-order valence-electron chi connectivity index (χ3n) is 5.63. The van der Waals surface area contributed by atoms with Crippen LogP contribution in [0.25, 0.3) is 18.2 Å². The van der Waals surface area contributed by atoms with E-state index in [0.29, 0.717) is 23.6 Å². The molecule has 2 aromatic rings. The molecule has 2 amide bonds. The van der Waals surface area contributed by atoms with Gasteiger partial charge >= 0.3 is 202 Å². The Labute approximate surface area is 252 Å². The minimum Gasteiger partial charge on any atom is -0.344 e. The van der Waals surface area contributed by atoms with E-state index in [2.05, 4.69) is 77.9 Å². The Morgan fingerprint density at radius 1 is 1.19 bits per heavy atom. The molecule has 0 spiro atoms. The molecule has 2 rings (SSSR count). The number of hydrogen-bond donors (Lipinski definition) is 1. The van der Waals surface area contributed by atoms with Gasteiger partial charge in [-0.3, -0.25) is 0 Å². The van der Waals surface area contributed by atoms with Gasteiger partial charge in [0, 0.05) is 0 Å². The summed E-state index contributed by atoms with van der Waals surface area (Å²) in [5, 5.41) is 1.28. The van der Waals surface area contributed by atoms with E-state index < -0.39 is 18.4 Å². The molecular weight excluding hydrogens is 789 g/mol. The van der Waals surface area contributed by atoms with Crippen molar-refractivity contribution < 1.29 is 40.7 Å². The summed E-state index contributed by atoms with van der Waals surface area (Å²) in [6, 6.07) is 14.9. The number of rotatable bonds is 10. The first kappa shape index (κ1) is 35.5. The number of nitrogens with zero attached hydrogens (tertiary/aromatic N) is 1. The van der Waals surface area contributed by atoms with Crippen molar-refractivity contribution in [2.24, 2.45) is 5.92 Å². The van der Waals surface area contributed by atoms with Gasteiger partial charge in [0.05, 0.1) is 0 Å². The van der Waals surface area contributed by atoms with Crippen molar-refractivity contribution in [3.05, 3.63) is 84.3 Å². The van der Waals surface area contributed by atoms with Gasteiger partial charge in [-0.25, -0.2) is 0 Å². The number of benzene rings is 2. The molecule has 0 bridgehead atoms. The van der Waals surface area contributed by atoms with Crippen molar-refractivity contribution in [3.8, 4) is 0 Å². The molecule has 0 saturated carbocycles. The van der Waals surface area contributed by atoms with Gasteiger partial charge in [-0.15, -0.1) is 6.08 Å². The fraction of sp³-hybridized carbons (Fsp3) is 0.323. The molecule has 6 heteroatoms. The molecule has 0 fully saturated rings. The molecule has 0 aliphatic carbocycles. The van der Waals surface area contributed by atoms with Crippen LogP contribution >= 0.6 is 0 Å². The standard InChI is InChI=1S/C25H26N2O2.C3H7.3CH3.Sn.U/c1-5-19(3)15-16-21-11-10-12-22(24(21)6-2)17-20(4)25(29)27(26-18-28)23-13-8-7-9-14-23;1-3-2;;;;;/h6,8-10,12-19H,2,5H2,1,3-4H3,(H,26,28);1,3H2,2H3;3*1H3;;/q2*-1;;;;;+2/b16-15-,20-17-;;;;;;. The summed E-state index contributed by atoms with van der Waals surface area (Å²) < 4.78 is 1.35. The average molecular weight is 831 g/mol. The van der Waals surface area contributed by atoms with Gasteiger partial charge in [-0.2, -0.15) is 6.42 Å². The first-order valence-corrected chi connectivity index (χ1v) is 22.5. The van der Waals surface area contributed by atoms with E-state index in [-0.39, 0.29) is 37.0 Å². The molecular formula is C31H42N2O2SnU. The maximum Gasteiger partial charge on any atom is 2.00 e. The van der Waals surface area contributed by atoms with Gasteiger partial charge in [0.15, 0.2) is 0 Å². The zero-order chi connectivity index (χ0) is 27.3. The Balaban J connectivity index is 0.00000308. The van der Waals surface area contributed by atoms with Crippen molar-refractivity contribution >= 4 is 58.2 Å². The summed E-state index contributed by atoms with van der Waals surface area (Å²) in [5.41, 5.74) is 6.40. The molecule has 2 aromatic carbocycles. The number of carbonyl (C=O) groups is 2. The van der Waals surface area contributed by atoms with Crippen molar-refractivity contribution in [2.75, 3.05) is 5.01 Å². The molecule has 0 aromatic heterocycles. The van der Waals surface area contributed by atoms with E-state index in [1.54, 1.807) is 13.0 Å². The summed E-state index contributed by atoms with van der Waals surface area (Å²) in [7, 11) is 0. The normalized spacial score (nSPS) is 12.1. The van der Waals surface area contributed by atoms with Crippen LogP contribution in [-0.4, -0.2) is 30.7 Å². The zero-order valence-corrected chi connectivity index (χ0v) is 30.5. The molecule has 0 radical (unpaired) electrons. The number of hydrazine groups is 1. The van der Waals surface area contributed by atoms with E-state index in [1.807, 2.05) is 37.3 Å². The molecule has 0 saturated heterocycles. The van der Waals surface area contributed by atoms with Gasteiger partial charge < -0.3 is 6.92 Å². The van der Waals surface area contributed by atoms with E-state index in [4.69, 9.17) is 0 Å². The van der Waals surface area contributed by atoms with Gasteiger partial charge in [-0.05, 0) is 5.92 Å². The zero-order valence-electron chi connectivity index (χ0n) is 23.5. The van der Waals surface area contributed by atoms with Crippen molar-refractivity contribution in [1.29, 1.82) is 0 Å². The smallest absolute Gasteiger partial charge is 0.344 e. The Kier molecular flexibility index (Phi) is 17.1. The van der Waals surface area contributed by atoms with E-state index in [9.17, 15) is 9.59 Å². The molecule has 4 nitrogen and oxygen atoms in total. The van der Waals surface area contributed by atoms with Crippen LogP contribution in [0.4, 0.5) is 5.69 Å². The first-order valence-electron chi connectivity index (χ1n) is 12.5. The number of anilines is 1. The Bertz CT molecular complexity index is 1070. The summed E-state index contributed by atoms with van der Waals surface area (Å²) in [6.07, 6.45) is 10.4. The molecule has 37 heavy (non-hydrogen) atoms. The fourth-order valence-corrected chi connectivity index (χ4v) is 6.65. The predicted octanol–water partition coefficient (Wildman–Crippen LogP) is 7.06. The number of amides is 2. The van der Waals surface area contributed by atoms with Crippen LogP contribution in [0.2, 0.25) is 14.8 Å². The van der Waals surface area contributed by atoms with Crippen molar-refractivity contribution in [2.45, 2.75) is 55.4 Å². The molecule has 0 heterocycles. The molecule has 1 atom stereocenters. The van der Waals surface area contributed by atoms with Gasteiger partial charge in [0.25, 0.3) is 0 Å². The SMILES string of the molecule is C=Cc1c(/C=C\C(C)CC)[c-]ccc1/C=C(/C)C(=O)N(NC=O)c1cc[c]([Sn]([CH3])([CH3])[CH3])cc1.[CH2-]CC.[U+2]. The second kappa shape index (κ2) is 17.9. The third kappa shape index (κ3) is 11.4. The Morgan fingerprint density at radius 2 is 1.78 bits per heavy atom. The largest absolute Gasteiger partial charge is 2.00 e. The first-order chi connectivity index (χ1) is 17.0. The van der Waals surface area contributed by atoms with Gasteiger partial charge in [0.1, 0.15) is 0 Å². The molecule has 196 valence electrons. The van der Waals surface area contributed by atoms with Crippen molar-refractivity contribution in [1.82, 2.24) is 5.43 Å². The van der Waals surface area contributed by atoms with E-state index >= 15 is 0 Å². The minimum atomic E-state index is -2.21. The quantitative estimate of drug-likeness (QED) is 0.0918. The number of carbonyl (C=O) groups excluding carboxylic acids is 2. The van der Waals surface area contributed by atoms with Gasteiger partial charge in [-0.1, -0.05) is 27.2 Å². The minimum absolute atomic E-state index is 0.